The molecule has 0 bridgehead atoms. The normalized spacial score (nSPS) is 14.2. The van der Waals surface area contributed by atoms with E-state index in [1.807, 2.05) is 4.90 Å². The van der Waals surface area contributed by atoms with Crippen molar-refractivity contribution in [1.29, 1.82) is 0 Å². The van der Waals surface area contributed by atoms with Crippen LogP contribution in [-0.2, 0) is 11.2 Å². The molecule has 0 aromatic heterocycles. The van der Waals surface area contributed by atoms with Gasteiger partial charge in [0.05, 0.1) is 6.54 Å². The van der Waals surface area contributed by atoms with Gasteiger partial charge in [-0.15, -0.1) is 6.58 Å². The maximum atomic E-state index is 12.1. The molecule has 1 N–H and O–H groups in total. The number of hydrogen-bond acceptors (Lipinski definition) is 2. The Balaban J connectivity index is 2.12. The lowest BCUT2D eigenvalue weighted by molar-refractivity contribution is -0.117. The number of amides is 1. The van der Waals surface area contributed by atoms with Gasteiger partial charge in [-0.25, -0.2) is 0 Å². The maximum absolute atomic E-state index is 12.1. The van der Waals surface area contributed by atoms with Crippen molar-refractivity contribution in [2.75, 3.05) is 24.5 Å². The van der Waals surface area contributed by atoms with E-state index in [0.29, 0.717) is 13.1 Å². The summed E-state index contributed by atoms with van der Waals surface area (Å²) in [6.07, 6.45) is 3.88. The monoisotopic (exact) mass is 244 g/mol. The van der Waals surface area contributed by atoms with E-state index in [1.54, 1.807) is 6.08 Å². The number of nitrogens with one attached hydrogen (secondary N) is 1. The summed E-state index contributed by atoms with van der Waals surface area (Å²) in [6.45, 7) is 7.58. The fraction of sp³-hybridized carbons (Fsp3) is 0.400. The Hall–Kier alpha value is -1.61. The van der Waals surface area contributed by atoms with Crippen molar-refractivity contribution >= 4 is 11.6 Å². The van der Waals surface area contributed by atoms with Crippen LogP contribution in [0.3, 0.4) is 0 Å². The molecule has 1 heterocycles. The molecule has 0 radical (unpaired) electrons. The van der Waals surface area contributed by atoms with Crippen molar-refractivity contribution in [3.63, 3.8) is 0 Å². The molecule has 1 aliphatic rings. The summed E-state index contributed by atoms with van der Waals surface area (Å²) < 4.78 is 0. The molecule has 1 amide bonds. The fourth-order valence-electron chi connectivity index (χ4n) is 2.36. The van der Waals surface area contributed by atoms with E-state index < -0.39 is 0 Å². The second-order valence-corrected chi connectivity index (χ2v) is 4.70. The Labute approximate surface area is 108 Å². The van der Waals surface area contributed by atoms with E-state index in [1.165, 1.54) is 11.1 Å². The van der Waals surface area contributed by atoms with Crippen LogP contribution in [0.2, 0.25) is 0 Å². The molecule has 96 valence electrons. The lowest BCUT2D eigenvalue weighted by Gasteiger charge is -2.30. The van der Waals surface area contributed by atoms with Crippen molar-refractivity contribution in [2.45, 2.75) is 19.8 Å². The number of carbonyl (C=O) groups is 1. The molecule has 0 saturated heterocycles. The van der Waals surface area contributed by atoms with E-state index in [9.17, 15) is 4.79 Å². The molecule has 0 aliphatic carbocycles. The molecule has 0 saturated carbocycles. The smallest absolute Gasteiger partial charge is 0.240 e. The Kier molecular flexibility index (Phi) is 4.15. The van der Waals surface area contributed by atoms with Crippen LogP contribution < -0.4 is 10.2 Å². The number of aryl methyl sites for hydroxylation is 2. The maximum Gasteiger partial charge on any atom is 0.240 e. The lowest BCUT2D eigenvalue weighted by atomic mass is 9.99. The minimum Gasteiger partial charge on any atom is -0.311 e. The van der Waals surface area contributed by atoms with E-state index in [4.69, 9.17) is 0 Å². The van der Waals surface area contributed by atoms with E-state index in [0.717, 1.165) is 25.1 Å². The van der Waals surface area contributed by atoms with Crippen LogP contribution in [-0.4, -0.2) is 25.5 Å². The largest absolute Gasteiger partial charge is 0.311 e. The first-order chi connectivity index (χ1) is 8.72. The number of rotatable bonds is 4. The van der Waals surface area contributed by atoms with Crippen LogP contribution in [0.4, 0.5) is 5.69 Å². The molecular formula is C15H20N2O. The first kappa shape index (κ1) is 12.8. The van der Waals surface area contributed by atoms with Gasteiger partial charge < -0.3 is 10.2 Å². The van der Waals surface area contributed by atoms with Crippen LogP contribution in [0.25, 0.3) is 0 Å². The number of anilines is 1. The summed E-state index contributed by atoms with van der Waals surface area (Å²) in [5.41, 5.74) is 3.63. The molecular weight excluding hydrogens is 224 g/mol. The average molecular weight is 244 g/mol. The molecule has 18 heavy (non-hydrogen) atoms. The van der Waals surface area contributed by atoms with Crippen molar-refractivity contribution in [2.24, 2.45) is 0 Å². The summed E-state index contributed by atoms with van der Waals surface area (Å²) in [5.74, 6) is 0.140. The Morgan fingerprint density at radius 1 is 1.56 bits per heavy atom. The highest BCUT2D eigenvalue weighted by atomic mass is 16.2. The van der Waals surface area contributed by atoms with Crippen molar-refractivity contribution < 1.29 is 4.79 Å². The summed E-state index contributed by atoms with van der Waals surface area (Å²) in [7, 11) is 0. The van der Waals surface area contributed by atoms with Gasteiger partial charge in [0, 0.05) is 18.8 Å². The quantitative estimate of drug-likeness (QED) is 0.649. The number of fused-ring (bicyclic) bond motifs is 1. The highest BCUT2D eigenvalue weighted by molar-refractivity contribution is 5.96. The molecule has 1 aromatic carbocycles. The molecule has 0 spiro atoms. The van der Waals surface area contributed by atoms with Crippen LogP contribution in [0.5, 0.6) is 0 Å². The first-order valence-electron chi connectivity index (χ1n) is 6.44. The van der Waals surface area contributed by atoms with E-state index in [2.05, 4.69) is 37.0 Å². The first-order valence-corrected chi connectivity index (χ1v) is 6.44. The van der Waals surface area contributed by atoms with Gasteiger partial charge in [-0.05, 0) is 31.4 Å². The van der Waals surface area contributed by atoms with Gasteiger partial charge in [0.15, 0.2) is 0 Å². The summed E-state index contributed by atoms with van der Waals surface area (Å²) in [4.78, 5) is 14.0. The van der Waals surface area contributed by atoms with Crippen LogP contribution in [0.15, 0.2) is 30.9 Å². The van der Waals surface area contributed by atoms with Gasteiger partial charge in [0.1, 0.15) is 0 Å². The van der Waals surface area contributed by atoms with E-state index >= 15 is 0 Å². The third-order valence-electron chi connectivity index (χ3n) is 3.22. The van der Waals surface area contributed by atoms with E-state index in [-0.39, 0.29) is 5.91 Å². The van der Waals surface area contributed by atoms with Gasteiger partial charge >= 0.3 is 0 Å². The SMILES string of the molecule is C=CCNCC(=O)N1CCCc2cc(C)ccc21. The molecule has 0 unspecified atom stereocenters. The second-order valence-electron chi connectivity index (χ2n) is 4.70. The standard InChI is InChI=1S/C15H20N2O/c1-3-8-16-11-15(18)17-9-4-5-13-10-12(2)6-7-14(13)17/h3,6-7,10,16H,1,4-5,8-9,11H2,2H3. The third kappa shape index (κ3) is 2.79. The summed E-state index contributed by atoms with van der Waals surface area (Å²) >= 11 is 0. The van der Waals surface area contributed by atoms with Crippen molar-refractivity contribution in [3.05, 3.63) is 42.0 Å². The number of benzene rings is 1. The van der Waals surface area contributed by atoms with Crippen LogP contribution in [0.1, 0.15) is 17.5 Å². The average Bonchev–Trinajstić information content (AvgIpc) is 2.37. The molecule has 1 aromatic rings. The second kappa shape index (κ2) is 5.83. The highest BCUT2D eigenvalue weighted by Gasteiger charge is 2.21. The van der Waals surface area contributed by atoms with Gasteiger partial charge in [0.25, 0.3) is 0 Å². The van der Waals surface area contributed by atoms with Crippen LogP contribution >= 0.6 is 0 Å². The van der Waals surface area contributed by atoms with Gasteiger partial charge in [-0.1, -0.05) is 23.8 Å². The van der Waals surface area contributed by atoms with Gasteiger partial charge in [-0.2, -0.15) is 0 Å². The predicted octanol–water partition coefficient (Wildman–Crippen LogP) is 2.05. The third-order valence-corrected chi connectivity index (χ3v) is 3.22. The summed E-state index contributed by atoms with van der Waals surface area (Å²) in [6, 6.07) is 6.32. The Morgan fingerprint density at radius 3 is 3.17 bits per heavy atom. The minimum absolute atomic E-state index is 0.140. The molecule has 0 fully saturated rings. The zero-order chi connectivity index (χ0) is 13.0. The summed E-state index contributed by atoms with van der Waals surface area (Å²) in [5, 5.41) is 3.07. The van der Waals surface area contributed by atoms with Crippen molar-refractivity contribution in [3.8, 4) is 0 Å². The number of hydrogen-bond donors (Lipinski definition) is 1. The highest BCUT2D eigenvalue weighted by Crippen LogP contribution is 2.27. The Morgan fingerprint density at radius 2 is 2.39 bits per heavy atom. The fourth-order valence-corrected chi connectivity index (χ4v) is 2.36. The number of carbonyl (C=O) groups excluding carboxylic acids is 1. The lowest BCUT2D eigenvalue weighted by Crippen LogP contribution is -2.41. The topological polar surface area (TPSA) is 32.3 Å². The zero-order valence-electron chi connectivity index (χ0n) is 10.9. The van der Waals surface area contributed by atoms with Crippen molar-refractivity contribution in [1.82, 2.24) is 5.32 Å². The molecule has 3 heteroatoms. The molecule has 2 rings (SSSR count). The molecule has 1 aliphatic heterocycles. The minimum atomic E-state index is 0.140. The molecule has 0 atom stereocenters. The number of nitrogens with zero attached hydrogens (tertiary/aromatic N) is 1. The Bertz CT molecular complexity index is 454. The zero-order valence-corrected chi connectivity index (χ0v) is 10.9. The van der Waals surface area contributed by atoms with Gasteiger partial charge in [0.2, 0.25) is 5.91 Å². The predicted molar refractivity (Wildman–Crippen MR) is 74.9 cm³/mol. The van der Waals surface area contributed by atoms with Gasteiger partial charge in [-0.3, -0.25) is 4.79 Å². The van der Waals surface area contributed by atoms with Crippen LogP contribution in [0, 0.1) is 6.92 Å². The molecule has 3 nitrogen and oxygen atoms in total.